The summed E-state index contributed by atoms with van der Waals surface area (Å²) in [6.07, 6.45) is -7.06. The Morgan fingerprint density at radius 3 is 2.15 bits per heavy atom. The quantitative estimate of drug-likeness (QED) is 0.412. The van der Waals surface area contributed by atoms with Crippen LogP contribution in [0.1, 0.15) is 11.1 Å². The molecule has 39 heavy (non-hydrogen) atoms. The van der Waals surface area contributed by atoms with Gasteiger partial charge in [0.2, 0.25) is 6.17 Å². The number of likely N-dealkylation sites (N-methyl/N-ethyl adjacent to an activating group) is 1. The zero-order valence-corrected chi connectivity index (χ0v) is 21.2. The number of amides is 3. The molecule has 0 saturated carbocycles. The van der Waals surface area contributed by atoms with E-state index >= 15 is 0 Å². The van der Waals surface area contributed by atoms with E-state index in [1.54, 1.807) is 35.6 Å². The van der Waals surface area contributed by atoms with Crippen LogP contribution in [0.3, 0.4) is 0 Å². The Hall–Kier alpha value is -4.03. The van der Waals surface area contributed by atoms with Gasteiger partial charge in [0.15, 0.2) is 11.5 Å². The van der Waals surface area contributed by atoms with Crippen LogP contribution in [-0.2, 0) is 4.79 Å². The highest BCUT2D eigenvalue weighted by Gasteiger charge is 2.66. The molecule has 1 atom stereocenters. The number of carbonyl (C=O) groups excluding carboxylic acids is 2. The van der Waals surface area contributed by atoms with Gasteiger partial charge in [0.1, 0.15) is 5.82 Å². The number of nitrogens with one attached hydrogen (secondary N) is 2. The number of alkyl halides is 3. The summed E-state index contributed by atoms with van der Waals surface area (Å²) in [6, 6.07) is 12.5. The number of hydrogen-bond donors (Lipinski definition) is 2. The van der Waals surface area contributed by atoms with Crippen molar-refractivity contribution in [1.29, 1.82) is 0 Å². The molecule has 0 fully saturated rings. The minimum Gasteiger partial charge on any atom is -0.424 e. The number of anilines is 1. The van der Waals surface area contributed by atoms with E-state index in [0.29, 0.717) is 11.3 Å². The lowest BCUT2D eigenvalue weighted by molar-refractivity contribution is -0.317. The van der Waals surface area contributed by atoms with E-state index in [2.05, 4.69) is 10.3 Å². The maximum Gasteiger partial charge on any atom is 0.492 e. The summed E-state index contributed by atoms with van der Waals surface area (Å²) in [5, 5.41) is 3.48. The van der Waals surface area contributed by atoms with Gasteiger partial charge in [-0.1, -0.05) is 53.5 Å². The van der Waals surface area contributed by atoms with Crippen molar-refractivity contribution in [2.45, 2.75) is 18.3 Å². The fourth-order valence-corrected chi connectivity index (χ4v) is 4.34. The van der Waals surface area contributed by atoms with Crippen molar-refractivity contribution in [3.8, 4) is 11.5 Å². The first kappa shape index (κ1) is 26.6. The summed E-state index contributed by atoms with van der Waals surface area (Å²) >= 11 is 11.7. The number of urea groups is 1. The Labute approximate surface area is 228 Å². The number of rotatable bonds is 3. The van der Waals surface area contributed by atoms with Crippen LogP contribution < -0.4 is 25.0 Å². The van der Waals surface area contributed by atoms with Gasteiger partial charge in [-0.05, 0) is 18.2 Å². The summed E-state index contributed by atoms with van der Waals surface area (Å²) in [5.41, 5.74) is 0.718. The molecule has 5 rings (SSSR count). The third-order valence-electron chi connectivity index (χ3n) is 5.89. The molecule has 202 valence electrons. The summed E-state index contributed by atoms with van der Waals surface area (Å²) < 4.78 is 67.0. The lowest BCUT2D eigenvalue weighted by Crippen LogP contribution is -2.67. The summed E-state index contributed by atoms with van der Waals surface area (Å²) in [5.74, 6) is -6.00. The van der Waals surface area contributed by atoms with Crippen molar-refractivity contribution in [2.75, 3.05) is 11.9 Å². The molecule has 3 aromatic carbocycles. The van der Waals surface area contributed by atoms with Crippen molar-refractivity contribution in [3.05, 3.63) is 87.7 Å². The molecular formula is C25H16Cl2F4N4O4. The Morgan fingerprint density at radius 2 is 1.56 bits per heavy atom. The first-order chi connectivity index (χ1) is 18.4. The second-order valence-corrected chi connectivity index (χ2v) is 9.22. The molecule has 0 bridgehead atoms. The molecule has 3 amide bonds. The molecular weight excluding hydrogens is 567 g/mol. The van der Waals surface area contributed by atoms with Crippen molar-refractivity contribution in [1.82, 2.24) is 10.6 Å². The van der Waals surface area contributed by atoms with Gasteiger partial charge in [-0.3, -0.25) is 10.1 Å². The van der Waals surface area contributed by atoms with Crippen LogP contribution in [0.25, 0.3) is 0 Å². The zero-order valence-electron chi connectivity index (χ0n) is 19.6. The number of benzene rings is 3. The molecule has 1 unspecified atom stereocenters. The molecule has 2 heterocycles. The normalized spacial score (nSPS) is 17.7. The van der Waals surface area contributed by atoms with Gasteiger partial charge in [0.25, 0.3) is 5.91 Å². The number of carbonyl (C=O) groups is 2. The topological polar surface area (TPSA) is 92.3 Å². The number of hydrogen-bond acceptors (Lipinski definition) is 5. The minimum atomic E-state index is -5.30. The average molecular weight is 583 g/mol. The van der Waals surface area contributed by atoms with E-state index in [9.17, 15) is 27.2 Å². The van der Waals surface area contributed by atoms with Crippen molar-refractivity contribution in [3.63, 3.8) is 0 Å². The monoisotopic (exact) mass is 582 g/mol. The van der Waals surface area contributed by atoms with Gasteiger partial charge in [-0.2, -0.15) is 13.2 Å². The Bertz CT molecular complexity index is 1500. The maximum absolute atomic E-state index is 14.8. The number of para-hydroxylation sites is 1. The van der Waals surface area contributed by atoms with E-state index in [0.717, 1.165) is 17.0 Å². The second kappa shape index (κ2) is 9.62. The highest BCUT2D eigenvalue weighted by molar-refractivity contribution is 6.42. The molecule has 0 aliphatic carbocycles. The molecule has 14 heteroatoms. The van der Waals surface area contributed by atoms with E-state index in [4.69, 9.17) is 32.7 Å². The lowest BCUT2D eigenvalue weighted by atomic mass is 10.00. The van der Waals surface area contributed by atoms with Crippen LogP contribution >= 0.6 is 23.2 Å². The Kier molecular flexibility index (Phi) is 6.55. The summed E-state index contributed by atoms with van der Waals surface area (Å²) in [4.78, 5) is 31.6. The third kappa shape index (κ3) is 4.70. The maximum atomic E-state index is 14.8. The average Bonchev–Trinajstić information content (AvgIpc) is 3.20. The van der Waals surface area contributed by atoms with Gasteiger partial charge in [0.05, 0.1) is 21.4 Å². The van der Waals surface area contributed by atoms with Crippen molar-refractivity contribution in [2.24, 2.45) is 4.99 Å². The van der Waals surface area contributed by atoms with Crippen molar-refractivity contribution >= 4 is 46.5 Å². The van der Waals surface area contributed by atoms with E-state index < -0.39 is 47.5 Å². The molecule has 2 aliphatic rings. The molecule has 8 nitrogen and oxygen atoms in total. The summed E-state index contributed by atoms with van der Waals surface area (Å²) in [6.45, 7) is 0. The van der Waals surface area contributed by atoms with Gasteiger partial charge >= 0.3 is 18.1 Å². The van der Waals surface area contributed by atoms with Gasteiger partial charge in [-0.25, -0.2) is 14.2 Å². The molecule has 2 N–H and O–H groups in total. The predicted octanol–water partition coefficient (Wildman–Crippen LogP) is 5.26. The highest BCUT2D eigenvalue weighted by atomic mass is 35.5. The summed E-state index contributed by atoms with van der Waals surface area (Å²) in [7, 11) is 1.39. The standard InChI is InChI=1S/C25H16Cl2F4N4O4/c1-35-17-9-5-3-7-13(17)20(12-6-2-4-8-16(12)28)32-21(22(35)36)33-23(37)34-25(24(29,30)31)38-18-10-14(26)15(27)11-19(18)39-25/h2-11,21H,1H3,(H2,33,34,37). The lowest BCUT2D eigenvalue weighted by Gasteiger charge is -2.30. The van der Waals surface area contributed by atoms with Crippen LogP contribution in [0.5, 0.6) is 11.5 Å². The number of nitrogens with zero attached hydrogens (tertiary/aromatic N) is 2. The van der Waals surface area contributed by atoms with Gasteiger partial charge in [-0.15, -0.1) is 0 Å². The van der Waals surface area contributed by atoms with E-state index in [1.165, 1.54) is 25.2 Å². The number of halogens is 6. The van der Waals surface area contributed by atoms with E-state index in [-0.39, 0.29) is 21.3 Å². The molecule has 0 aromatic heterocycles. The predicted molar refractivity (Wildman–Crippen MR) is 134 cm³/mol. The molecule has 0 radical (unpaired) electrons. The Balaban J connectivity index is 1.49. The van der Waals surface area contributed by atoms with Crippen LogP contribution in [0.2, 0.25) is 10.0 Å². The SMILES string of the molecule is CN1C(=O)C(NC(=O)NC2(C(F)(F)F)Oc3cc(Cl)c(Cl)cc3O2)N=C(c2ccccc2F)c2ccccc21. The largest absolute Gasteiger partial charge is 0.492 e. The van der Waals surface area contributed by atoms with Gasteiger partial charge in [0, 0.05) is 30.3 Å². The molecule has 0 spiro atoms. The fraction of sp³-hybridized carbons (Fsp3) is 0.160. The molecule has 3 aromatic rings. The smallest absolute Gasteiger partial charge is 0.424 e. The first-order valence-corrected chi connectivity index (χ1v) is 11.9. The second-order valence-electron chi connectivity index (χ2n) is 8.40. The Morgan fingerprint density at radius 1 is 1.00 bits per heavy atom. The number of aliphatic imine (C=N–C) groups is 1. The number of benzodiazepines with no additional fused rings is 1. The minimum absolute atomic E-state index is 0.00212. The zero-order chi connectivity index (χ0) is 28.1. The van der Waals surface area contributed by atoms with Crippen LogP contribution in [0.4, 0.5) is 28.0 Å². The first-order valence-electron chi connectivity index (χ1n) is 11.1. The van der Waals surface area contributed by atoms with Crippen LogP contribution in [-0.4, -0.2) is 43.0 Å². The number of fused-ring (bicyclic) bond motifs is 2. The number of ether oxygens (including phenoxy) is 2. The van der Waals surface area contributed by atoms with Gasteiger partial charge < -0.3 is 19.7 Å². The fourth-order valence-electron chi connectivity index (χ4n) is 4.03. The van der Waals surface area contributed by atoms with Crippen LogP contribution in [0, 0.1) is 5.82 Å². The molecule has 2 aliphatic heterocycles. The third-order valence-corrected chi connectivity index (χ3v) is 6.61. The van der Waals surface area contributed by atoms with Crippen LogP contribution in [0.15, 0.2) is 65.7 Å². The molecule has 0 saturated heterocycles. The highest BCUT2D eigenvalue weighted by Crippen LogP contribution is 2.48. The van der Waals surface area contributed by atoms with E-state index in [1.807, 2.05) is 0 Å². The van der Waals surface area contributed by atoms with Crippen molar-refractivity contribution < 1.29 is 36.6 Å².